The molecule has 2 rings (SSSR count). The maximum absolute atomic E-state index is 12.9. The quantitative estimate of drug-likeness (QED) is 0.605. The monoisotopic (exact) mass is 381 g/mol. The van der Waals surface area contributed by atoms with Crippen molar-refractivity contribution >= 4 is 29.9 Å². The third-order valence-corrected chi connectivity index (χ3v) is 5.26. The summed E-state index contributed by atoms with van der Waals surface area (Å²) in [5, 5.41) is 9.09. The highest BCUT2D eigenvalue weighted by Gasteiger charge is 2.41. The van der Waals surface area contributed by atoms with Crippen molar-refractivity contribution in [3.8, 4) is 0 Å². The molecule has 0 spiro atoms. The summed E-state index contributed by atoms with van der Waals surface area (Å²) in [5.41, 5.74) is 2.73. The Kier molecular flexibility index (Phi) is 9.09. The number of hydrogen-bond donors (Lipinski definition) is 3. The SMILES string of the molecule is CNCCCC(=O)NCC1(C(=O)Nc2ccc(C)c(C)c2)CCCC1.Cl. The molecule has 1 saturated carbocycles. The zero-order valence-corrected chi connectivity index (χ0v) is 16.9. The Balaban J connectivity index is 0.00000338. The number of rotatable bonds is 8. The lowest BCUT2D eigenvalue weighted by molar-refractivity contribution is -0.126. The smallest absolute Gasteiger partial charge is 0.232 e. The van der Waals surface area contributed by atoms with E-state index < -0.39 is 5.41 Å². The van der Waals surface area contributed by atoms with E-state index in [0.29, 0.717) is 13.0 Å². The van der Waals surface area contributed by atoms with Gasteiger partial charge in [-0.15, -0.1) is 12.4 Å². The fourth-order valence-electron chi connectivity index (χ4n) is 3.40. The first-order chi connectivity index (χ1) is 12.0. The summed E-state index contributed by atoms with van der Waals surface area (Å²) in [5.74, 6) is 0.0595. The summed E-state index contributed by atoms with van der Waals surface area (Å²) in [7, 11) is 1.88. The van der Waals surface area contributed by atoms with E-state index in [1.807, 2.05) is 32.2 Å². The van der Waals surface area contributed by atoms with E-state index in [1.54, 1.807) is 0 Å². The van der Waals surface area contributed by atoms with Gasteiger partial charge in [-0.25, -0.2) is 0 Å². The highest BCUT2D eigenvalue weighted by Crippen LogP contribution is 2.38. The Labute approximate surface area is 163 Å². The van der Waals surface area contributed by atoms with Gasteiger partial charge in [-0.1, -0.05) is 18.9 Å². The first-order valence-electron chi connectivity index (χ1n) is 9.27. The van der Waals surface area contributed by atoms with Crippen molar-refractivity contribution in [1.29, 1.82) is 0 Å². The molecule has 0 bridgehead atoms. The molecule has 0 atom stereocenters. The van der Waals surface area contributed by atoms with Crippen LogP contribution in [-0.2, 0) is 9.59 Å². The van der Waals surface area contributed by atoms with Gasteiger partial charge in [-0.3, -0.25) is 9.59 Å². The van der Waals surface area contributed by atoms with E-state index in [2.05, 4.69) is 22.9 Å². The lowest BCUT2D eigenvalue weighted by atomic mass is 9.84. The van der Waals surface area contributed by atoms with Crippen molar-refractivity contribution in [2.24, 2.45) is 5.41 Å². The molecule has 2 amide bonds. The number of carbonyl (C=O) groups excluding carboxylic acids is 2. The molecule has 0 heterocycles. The van der Waals surface area contributed by atoms with Crippen molar-refractivity contribution in [2.75, 3.05) is 25.5 Å². The van der Waals surface area contributed by atoms with Crippen LogP contribution in [0.2, 0.25) is 0 Å². The summed E-state index contributed by atoms with van der Waals surface area (Å²) < 4.78 is 0. The molecule has 0 aliphatic heterocycles. The van der Waals surface area contributed by atoms with E-state index in [0.717, 1.165) is 49.9 Å². The van der Waals surface area contributed by atoms with Crippen LogP contribution in [0.15, 0.2) is 18.2 Å². The van der Waals surface area contributed by atoms with Gasteiger partial charge in [-0.2, -0.15) is 0 Å². The largest absolute Gasteiger partial charge is 0.355 e. The van der Waals surface area contributed by atoms with Crippen LogP contribution < -0.4 is 16.0 Å². The summed E-state index contributed by atoms with van der Waals surface area (Å²) in [4.78, 5) is 24.9. The molecule has 1 aliphatic rings. The number of amides is 2. The van der Waals surface area contributed by atoms with Crippen LogP contribution in [0.4, 0.5) is 5.69 Å². The van der Waals surface area contributed by atoms with Crippen LogP contribution in [0, 0.1) is 19.3 Å². The van der Waals surface area contributed by atoms with Crippen molar-refractivity contribution in [3.05, 3.63) is 29.3 Å². The van der Waals surface area contributed by atoms with Crippen LogP contribution in [0.5, 0.6) is 0 Å². The highest BCUT2D eigenvalue weighted by atomic mass is 35.5. The fraction of sp³-hybridized carbons (Fsp3) is 0.600. The molecular formula is C20H32ClN3O2. The minimum absolute atomic E-state index is 0. The first-order valence-corrected chi connectivity index (χ1v) is 9.27. The van der Waals surface area contributed by atoms with E-state index in [1.165, 1.54) is 5.56 Å². The number of anilines is 1. The van der Waals surface area contributed by atoms with Gasteiger partial charge in [0.15, 0.2) is 0 Å². The maximum Gasteiger partial charge on any atom is 0.232 e. The van der Waals surface area contributed by atoms with Gasteiger partial charge in [0.05, 0.1) is 5.41 Å². The van der Waals surface area contributed by atoms with Crippen molar-refractivity contribution in [2.45, 2.75) is 52.4 Å². The zero-order chi connectivity index (χ0) is 18.3. The lowest BCUT2D eigenvalue weighted by Gasteiger charge is -2.28. The fourth-order valence-corrected chi connectivity index (χ4v) is 3.40. The molecule has 6 heteroatoms. The Morgan fingerprint density at radius 3 is 2.42 bits per heavy atom. The van der Waals surface area contributed by atoms with Gasteiger partial charge in [0.25, 0.3) is 0 Å². The van der Waals surface area contributed by atoms with Crippen LogP contribution in [0.25, 0.3) is 0 Å². The number of halogens is 1. The van der Waals surface area contributed by atoms with E-state index in [4.69, 9.17) is 0 Å². The second-order valence-corrected chi connectivity index (χ2v) is 7.22. The molecule has 0 radical (unpaired) electrons. The minimum Gasteiger partial charge on any atom is -0.355 e. The summed E-state index contributed by atoms with van der Waals surface area (Å²) in [6.07, 6.45) is 5.05. The highest BCUT2D eigenvalue weighted by molar-refractivity contribution is 5.96. The summed E-state index contributed by atoms with van der Waals surface area (Å²) >= 11 is 0. The normalized spacial score (nSPS) is 15.2. The van der Waals surface area contributed by atoms with Crippen molar-refractivity contribution in [3.63, 3.8) is 0 Å². The first kappa shape index (κ1) is 22.5. The molecule has 1 fully saturated rings. The number of aryl methyl sites for hydroxylation is 2. The molecule has 0 saturated heterocycles. The molecule has 146 valence electrons. The van der Waals surface area contributed by atoms with E-state index >= 15 is 0 Å². The van der Waals surface area contributed by atoms with Crippen LogP contribution in [0.3, 0.4) is 0 Å². The average Bonchev–Trinajstić information content (AvgIpc) is 3.07. The van der Waals surface area contributed by atoms with Crippen LogP contribution in [0.1, 0.15) is 49.7 Å². The van der Waals surface area contributed by atoms with Gasteiger partial charge >= 0.3 is 0 Å². The van der Waals surface area contributed by atoms with E-state index in [9.17, 15) is 9.59 Å². The second-order valence-electron chi connectivity index (χ2n) is 7.22. The summed E-state index contributed by atoms with van der Waals surface area (Å²) in [6, 6.07) is 5.97. The average molecular weight is 382 g/mol. The molecule has 5 nitrogen and oxygen atoms in total. The van der Waals surface area contributed by atoms with Gasteiger partial charge in [0.1, 0.15) is 0 Å². The number of carbonyl (C=O) groups is 2. The van der Waals surface area contributed by atoms with Crippen LogP contribution in [-0.4, -0.2) is 32.0 Å². The van der Waals surface area contributed by atoms with Gasteiger partial charge in [-0.05, 0) is 70.0 Å². The number of benzene rings is 1. The zero-order valence-electron chi connectivity index (χ0n) is 16.1. The predicted octanol–water partition coefficient (Wildman–Crippen LogP) is 3.34. The number of hydrogen-bond acceptors (Lipinski definition) is 3. The van der Waals surface area contributed by atoms with Gasteiger partial charge in [0, 0.05) is 18.7 Å². The topological polar surface area (TPSA) is 70.2 Å². The van der Waals surface area contributed by atoms with Crippen molar-refractivity contribution < 1.29 is 9.59 Å². The minimum atomic E-state index is -0.475. The third-order valence-electron chi connectivity index (χ3n) is 5.26. The molecule has 26 heavy (non-hydrogen) atoms. The van der Waals surface area contributed by atoms with Gasteiger partial charge in [0.2, 0.25) is 11.8 Å². The second kappa shape index (κ2) is 10.5. The third kappa shape index (κ3) is 5.99. The van der Waals surface area contributed by atoms with Gasteiger partial charge < -0.3 is 16.0 Å². The number of nitrogens with one attached hydrogen (secondary N) is 3. The molecule has 3 N–H and O–H groups in total. The lowest BCUT2D eigenvalue weighted by Crippen LogP contribution is -2.44. The maximum atomic E-state index is 12.9. The summed E-state index contributed by atoms with van der Waals surface area (Å²) in [6.45, 7) is 5.36. The molecule has 1 aromatic rings. The van der Waals surface area contributed by atoms with Crippen molar-refractivity contribution in [1.82, 2.24) is 10.6 Å². The molecular weight excluding hydrogens is 350 g/mol. The Morgan fingerprint density at radius 1 is 1.12 bits per heavy atom. The Morgan fingerprint density at radius 2 is 1.81 bits per heavy atom. The Bertz CT molecular complexity index is 613. The molecule has 0 aromatic heterocycles. The molecule has 1 aliphatic carbocycles. The Hall–Kier alpha value is -1.59. The predicted molar refractivity (Wildman–Crippen MR) is 109 cm³/mol. The van der Waals surface area contributed by atoms with Crippen LogP contribution >= 0.6 is 12.4 Å². The van der Waals surface area contributed by atoms with E-state index in [-0.39, 0.29) is 24.2 Å². The standard InChI is InChI=1S/C20H31N3O2.ClH/c1-15-8-9-17(13-16(15)2)23-19(25)20(10-4-5-11-20)14-22-18(24)7-6-12-21-3;/h8-9,13,21H,4-7,10-12,14H2,1-3H3,(H,22,24)(H,23,25);1H. The molecule has 1 aromatic carbocycles. The molecule has 0 unspecified atom stereocenters.